The summed E-state index contributed by atoms with van der Waals surface area (Å²) in [6, 6.07) is 26.7. The van der Waals surface area contributed by atoms with Crippen molar-refractivity contribution in [3.8, 4) is 0 Å². The first-order chi connectivity index (χ1) is 17.3. The molecule has 0 saturated carbocycles. The van der Waals surface area contributed by atoms with Gasteiger partial charge in [-0.3, -0.25) is 9.69 Å². The SMILES string of the molecule is O=C(CN1CCN(c2ccccc2F)CC1)NC(c1ccccc1)c1ccccc1.O=C(O)C(=O)O. The second-order valence-corrected chi connectivity index (χ2v) is 8.15. The fourth-order valence-electron chi connectivity index (χ4n) is 3.91. The lowest BCUT2D eigenvalue weighted by atomic mass is 9.99. The third-order valence-electron chi connectivity index (χ3n) is 5.69. The molecule has 188 valence electrons. The van der Waals surface area contributed by atoms with E-state index in [1.807, 2.05) is 77.7 Å². The Labute approximate surface area is 208 Å². The molecule has 8 nitrogen and oxygen atoms in total. The van der Waals surface area contributed by atoms with Gasteiger partial charge in [-0.25, -0.2) is 14.0 Å². The molecule has 1 amide bonds. The van der Waals surface area contributed by atoms with Gasteiger partial charge < -0.3 is 20.4 Å². The molecule has 0 aliphatic carbocycles. The topological polar surface area (TPSA) is 110 Å². The van der Waals surface area contributed by atoms with Crippen LogP contribution in [0.25, 0.3) is 0 Å². The summed E-state index contributed by atoms with van der Waals surface area (Å²) in [7, 11) is 0. The summed E-state index contributed by atoms with van der Waals surface area (Å²) in [6.07, 6.45) is 0. The number of benzene rings is 3. The zero-order valence-corrected chi connectivity index (χ0v) is 19.6. The molecule has 3 aromatic carbocycles. The molecule has 1 aliphatic heterocycles. The van der Waals surface area contributed by atoms with E-state index in [1.54, 1.807) is 6.07 Å². The molecule has 0 bridgehead atoms. The maximum Gasteiger partial charge on any atom is 0.414 e. The molecule has 3 N–H and O–H groups in total. The minimum Gasteiger partial charge on any atom is -0.473 e. The van der Waals surface area contributed by atoms with Crippen LogP contribution in [0.3, 0.4) is 0 Å². The third kappa shape index (κ3) is 7.64. The number of anilines is 1. The van der Waals surface area contributed by atoms with Crippen molar-refractivity contribution in [1.82, 2.24) is 10.2 Å². The summed E-state index contributed by atoms with van der Waals surface area (Å²) >= 11 is 0. The van der Waals surface area contributed by atoms with Crippen LogP contribution in [-0.2, 0) is 14.4 Å². The van der Waals surface area contributed by atoms with Gasteiger partial charge in [0.15, 0.2) is 0 Å². The van der Waals surface area contributed by atoms with E-state index in [0.29, 0.717) is 25.3 Å². The number of amides is 1. The Kier molecular flexibility index (Phi) is 9.53. The van der Waals surface area contributed by atoms with Gasteiger partial charge in [0.25, 0.3) is 0 Å². The molecule has 3 aromatic rings. The predicted molar refractivity (Wildman–Crippen MR) is 133 cm³/mol. The number of carbonyl (C=O) groups is 3. The Morgan fingerprint density at radius 2 is 1.22 bits per heavy atom. The molecule has 4 rings (SSSR count). The Bertz CT molecular complexity index is 1100. The van der Waals surface area contributed by atoms with Crippen LogP contribution in [0, 0.1) is 5.82 Å². The molecular formula is C27H28FN3O5. The lowest BCUT2D eigenvalue weighted by Gasteiger charge is -2.36. The summed E-state index contributed by atoms with van der Waals surface area (Å²) in [6.45, 7) is 3.19. The van der Waals surface area contributed by atoms with Gasteiger partial charge in [-0.15, -0.1) is 0 Å². The van der Waals surface area contributed by atoms with Gasteiger partial charge in [0.1, 0.15) is 5.82 Å². The zero-order chi connectivity index (χ0) is 25.9. The standard InChI is InChI=1S/C25H26FN3O.C2H2O4/c26-22-13-7-8-14-23(22)29-17-15-28(16-18-29)19-24(30)27-25(20-9-3-1-4-10-20)21-11-5-2-6-12-21;3-1(4)2(5)6/h1-14,25H,15-19H2,(H,27,30);(H,3,4)(H,5,6). The van der Waals surface area contributed by atoms with Gasteiger partial charge >= 0.3 is 11.9 Å². The minimum atomic E-state index is -1.82. The summed E-state index contributed by atoms with van der Waals surface area (Å²) in [5, 5.41) is 18.0. The van der Waals surface area contributed by atoms with Crippen LogP contribution in [0.4, 0.5) is 10.1 Å². The van der Waals surface area contributed by atoms with Gasteiger partial charge in [0.05, 0.1) is 18.3 Å². The first-order valence-electron chi connectivity index (χ1n) is 11.4. The van der Waals surface area contributed by atoms with Crippen LogP contribution in [0.1, 0.15) is 17.2 Å². The first kappa shape index (κ1) is 26.4. The largest absolute Gasteiger partial charge is 0.473 e. The van der Waals surface area contributed by atoms with Crippen LogP contribution in [-0.4, -0.2) is 65.7 Å². The number of hydrogen-bond acceptors (Lipinski definition) is 5. The number of piperazine rings is 1. The molecule has 1 heterocycles. The Balaban J connectivity index is 0.000000538. The second-order valence-electron chi connectivity index (χ2n) is 8.15. The van der Waals surface area contributed by atoms with Crippen molar-refractivity contribution in [2.45, 2.75) is 6.04 Å². The van der Waals surface area contributed by atoms with Gasteiger partial charge in [-0.05, 0) is 23.3 Å². The van der Waals surface area contributed by atoms with E-state index in [2.05, 4.69) is 10.2 Å². The number of para-hydroxylation sites is 1. The molecule has 0 atom stereocenters. The van der Waals surface area contributed by atoms with E-state index >= 15 is 0 Å². The number of nitrogens with one attached hydrogen (secondary N) is 1. The monoisotopic (exact) mass is 493 g/mol. The molecule has 1 fully saturated rings. The highest BCUT2D eigenvalue weighted by Gasteiger charge is 2.23. The van der Waals surface area contributed by atoms with Crippen molar-refractivity contribution in [2.75, 3.05) is 37.6 Å². The molecule has 0 unspecified atom stereocenters. The second kappa shape index (κ2) is 13.0. The number of carboxylic acids is 2. The number of hydrogen-bond donors (Lipinski definition) is 3. The van der Waals surface area contributed by atoms with Crippen molar-refractivity contribution in [3.05, 3.63) is 102 Å². The first-order valence-corrected chi connectivity index (χ1v) is 11.4. The van der Waals surface area contributed by atoms with Crippen LogP contribution in [0.2, 0.25) is 0 Å². The molecule has 36 heavy (non-hydrogen) atoms. The van der Waals surface area contributed by atoms with Crippen LogP contribution in [0.15, 0.2) is 84.9 Å². The highest BCUT2D eigenvalue weighted by Crippen LogP contribution is 2.22. The van der Waals surface area contributed by atoms with Gasteiger partial charge in [-0.1, -0.05) is 72.8 Å². The lowest BCUT2D eigenvalue weighted by molar-refractivity contribution is -0.159. The molecule has 0 radical (unpaired) electrons. The maximum atomic E-state index is 14.0. The van der Waals surface area contributed by atoms with Crippen molar-refractivity contribution in [2.24, 2.45) is 0 Å². The Morgan fingerprint density at radius 3 is 1.69 bits per heavy atom. The number of carbonyl (C=O) groups excluding carboxylic acids is 1. The van der Waals surface area contributed by atoms with E-state index < -0.39 is 11.9 Å². The van der Waals surface area contributed by atoms with Gasteiger partial charge in [-0.2, -0.15) is 0 Å². The molecule has 9 heteroatoms. The third-order valence-corrected chi connectivity index (χ3v) is 5.69. The normalized spacial score (nSPS) is 13.4. The number of nitrogens with zero attached hydrogens (tertiary/aromatic N) is 2. The molecule has 0 aromatic heterocycles. The number of rotatable bonds is 6. The zero-order valence-electron chi connectivity index (χ0n) is 19.6. The number of halogens is 1. The van der Waals surface area contributed by atoms with Gasteiger partial charge in [0, 0.05) is 26.2 Å². The summed E-state index contributed by atoms with van der Waals surface area (Å²) in [4.78, 5) is 35.2. The highest BCUT2D eigenvalue weighted by atomic mass is 19.1. The van der Waals surface area contributed by atoms with E-state index in [1.165, 1.54) is 6.07 Å². The van der Waals surface area contributed by atoms with Crippen molar-refractivity contribution in [3.63, 3.8) is 0 Å². The Morgan fingerprint density at radius 1 is 0.750 bits per heavy atom. The molecule has 1 saturated heterocycles. The highest BCUT2D eigenvalue weighted by molar-refractivity contribution is 6.27. The van der Waals surface area contributed by atoms with Crippen LogP contribution in [0.5, 0.6) is 0 Å². The van der Waals surface area contributed by atoms with Crippen molar-refractivity contribution >= 4 is 23.5 Å². The quantitative estimate of drug-likeness (QED) is 0.453. The van der Waals surface area contributed by atoms with E-state index in [0.717, 1.165) is 24.2 Å². The van der Waals surface area contributed by atoms with Crippen molar-refractivity contribution in [1.29, 1.82) is 0 Å². The van der Waals surface area contributed by atoms with E-state index in [4.69, 9.17) is 19.8 Å². The van der Waals surface area contributed by atoms with E-state index in [9.17, 15) is 9.18 Å². The van der Waals surface area contributed by atoms with Crippen molar-refractivity contribution < 1.29 is 29.0 Å². The fourth-order valence-corrected chi connectivity index (χ4v) is 3.91. The predicted octanol–water partition coefficient (Wildman–Crippen LogP) is 3.01. The summed E-state index contributed by atoms with van der Waals surface area (Å²) < 4.78 is 14.0. The van der Waals surface area contributed by atoms with E-state index in [-0.39, 0.29) is 17.8 Å². The average molecular weight is 494 g/mol. The smallest absolute Gasteiger partial charge is 0.414 e. The van der Waals surface area contributed by atoms with Gasteiger partial charge in [0.2, 0.25) is 5.91 Å². The van der Waals surface area contributed by atoms with Crippen LogP contribution >= 0.6 is 0 Å². The Hall–Kier alpha value is -4.24. The maximum absolute atomic E-state index is 14.0. The summed E-state index contributed by atoms with van der Waals surface area (Å²) in [5.41, 5.74) is 2.75. The minimum absolute atomic E-state index is 0.00736. The molecular weight excluding hydrogens is 465 g/mol. The average Bonchev–Trinajstić information content (AvgIpc) is 2.89. The lowest BCUT2D eigenvalue weighted by Crippen LogP contribution is -2.50. The summed E-state index contributed by atoms with van der Waals surface area (Å²) in [5.74, 6) is -3.85. The fraction of sp³-hybridized carbons (Fsp3) is 0.222. The van der Waals surface area contributed by atoms with Crippen LogP contribution < -0.4 is 10.2 Å². The number of aliphatic carboxylic acids is 2. The molecule has 0 spiro atoms. The number of carboxylic acid groups (broad SMARTS) is 2. The molecule has 1 aliphatic rings.